The Bertz CT molecular complexity index is 1270. The predicted molar refractivity (Wildman–Crippen MR) is 121 cm³/mol. The minimum atomic E-state index is -3.42. The number of nitrogens with one attached hydrogen (secondary N) is 3. The Morgan fingerprint density at radius 1 is 1.00 bits per heavy atom. The van der Waals surface area contributed by atoms with Crippen molar-refractivity contribution >= 4 is 50.2 Å². The lowest BCUT2D eigenvalue weighted by Gasteiger charge is -2.08. The van der Waals surface area contributed by atoms with Crippen molar-refractivity contribution in [2.75, 3.05) is 28.2 Å². The second kappa shape index (κ2) is 8.40. The van der Waals surface area contributed by atoms with E-state index in [0.717, 1.165) is 35.3 Å². The van der Waals surface area contributed by atoms with E-state index in [1.807, 2.05) is 18.2 Å². The molecule has 160 valence electrons. The van der Waals surface area contributed by atoms with Crippen LogP contribution in [-0.2, 0) is 16.4 Å². The fourth-order valence-electron chi connectivity index (χ4n) is 3.17. The first-order chi connectivity index (χ1) is 14.8. The number of carbonyl (C=O) groups is 2. The van der Waals surface area contributed by atoms with Crippen molar-refractivity contribution in [3.05, 3.63) is 69.9 Å². The van der Waals surface area contributed by atoms with E-state index in [-0.39, 0.29) is 5.91 Å². The van der Waals surface area contributed by atoms with Crippen LogP contribution in [0.4, 0.5) is 17.1 Å². The molecule has 1 aliphatic rings. The summed E-state index contributed by atoms with van der Waals surface area (Å²) in [5.41, 5.74) is 2.81. The molecule has 3 N–H and O–H groups in total. The SMILES string of the molecule is CS(=O)(=O)Nc1cccc(NC(=O)c2cc(C(=O)Nc3cccc4c3CCO4)cs2)c1. The summed E-state index contributed by atoms with van der Waals surface area (Å²) in [4.78, 5) is 25.6. The molecule has 10 heteroatoms. The number of anilines is 3. The highest BCUT2D eigenvalue weighted by molar-refractivity contribution is 7.92. The highest BCUT2D eigenvalue weighted by Gasteiger charge is 2.19. The van der Waals surface area contributed by atoms with Crippen molar-refractivity contribution in [1.29, 1.82) is 0 Å². The fraction of sp³-hybridized carbons (Fsp3) is 0.143. The predicted octanol–water partition coefficient (Wildman–Crippen LogP) is 3.56. The molecule has 2 amide bonds. The van der Waals surface area contributed by atoms with Crippen molar-refractivity contribution in [3.63, 3.8) is 0 Å². The molecule has 0 bridgehead atoms. The second-order valence-corrected chi connectivity index (χ2v) is 9.60. The van der Waals surface area contributed by atoms with E-state index in [1.165, 1.54) is 12.1 Å². The molecule has 0 saturated heterocycles. The second-order valence-electron chi connectivity index (χ2n) is 6.94. The van der Waals surface area contributed by atoms with Gasteiger partial charge in [0.1, 0.15) is 5.75 Å². The van der Waals surface area contributed by atoms with Gasteiger partial charge in [-0.2, -0.15) is 0 Å². The summed E-state index contributed by atoms with van der Waals surface area (Å²) in [7, 11) is -3.42. The molecule has 2 aromatic carbocycles. The van der Waals surface area contributed by atoms with E-state index in [4.69, 9.17) is 4.74 Å². The van der Waals surface area contributed by atoms with Gasteiger partial charge >= 0.3 is 0 Å². The average Bonchev–Trinajstić information content (AvgIpc) is 3.37. The summed E-state index contributed by atoms with van der Waals surface area (Å²) in [6.07, 6.45) is 1.78. The Balaban J connectivity index is 1.44. The van der Waals surface area contributed by atoms with Crippen LogP contribution < -0.4 is 20.1 Å². The van der Waals surface area contributed by atoms with Gasteiger partial charge in [-0.1, -0.05) is 12.1 Å². The lowest BCUT2D eigenvalue weighted by Crippen LogP contribution is -2.13. The van der Waals surface area contributed by atoms with Crippen molar-refractivity contribution in [1.82, 2.24) is 0 Å². The molecule has 2 heterocycles. The van der Waals surface area contributed by atoms with Gasteiger partial charge in [0.15, 0.2) is 0 Å². The monoisotopic (exact) mass is 457 g/mol. The van der Waals surface area contributed by atoms with Gasteiger partial charge in [0.25, 0.3) is 11.8 Å². The normalized spacial score (nSPS) is 12.5. The van der Waals surface area contributed by atoms with Crippen molar-refractivity contribution in [2.45, 2.75) is 6.42 Å². The van der Waals surface area contributed by atoms with E-state index in [0.29, 0.717) is 34.1 Å². The van der Waals surface area contributed by atoms with Crippen LogP contribution in [0.15, 0.2) is 53.9 Å². The average molecular weight is 458 g/mol. The minimum absolute atomic E-state index is 0.310. The Morgan fingerprint density at radius 2 is 1.77 bits per heavy atom. The van der Waals surface area contributed by atoms with Crippen molar-refractivity contribution in [2.24, 2.45) is 0 Å². The maximum absolute atomic E-state index is 12.6. The van der Waals surface area contributed by atoms with Gasteiger partial charge in [-0.05, 0) is 36.4 Å². The van der Waals surface area contributed by atoms with Crippen molar-refractivity contribution < 1.29 is 22.7 Å². The molecule has 8 nitrogen and oxygen atoms in total. The van der Waals surface area contributed by atoms with Crippen LogP contribution in [0.1, 0.15) is 25.6 Å². The number of rotatable bonds is 6. The number of carbonyl (C=O) groups excluding carboxylic acids is 2. The van der Waals surface area contributed by atoms with Gasteiger partial charge in [0.2, 0.25) is 10.0 Å². The molecule has 0 radical (unpaired) electrons. The van der Waals surface area contributed by atoms with Gasteiger partial charge < -0.3 is 15.4 Å². The molecule has 0 spiro atoms. The maximum Gasteiger partial charge on any atom is 0.265 e. The first-order valence-corrected chi connectivity index (χ1v) is 12.1. The number of thiophene rings is 1. The number of hydrogen-bond acceptors (Lipinski definition) is 6. The van der Waals surface area contributed by atoms with Crippen molar-refractivity contribution in [3.8, 4) is 5.75 Å². The molecule has 0 aliphatic carbocycles. The summed E-state index contributed by atoms with van der Waals surface area (Å²) in [6.45, 7) is 0.589. The first-order valence-electron chi connectivity index (χ1n) is 9.32. The van der Waals surface area contributed by atoms with Crippen LogP contribution in [0.2, 0.25) is 0 Å². The summed E-state index contributed by atoms with van der Waals surface area (Å²) < 4.78 is 30.6. The number of amides is 2. The van der Waals surface area contributed by atoms with Crippen LogP contribution in [-0.4, -0.2) is 33.1 Å². The molecule has 1 aromatic heterocycles. The third kappa shape index (κ3) is 5.04. The molecule has 0 unspecified atom stereocenters. The first kappa shape index (κ1) is 20.9. The topological polar surface area (TPSA) is 114 Å². The Morgan fingerprint density at radius 3 is 2.58 bits per heavy atom. The summed E-state index contributed by atoms with van der Waals surface area (Å²) in [5, 5.41) is 7.21. The Hall–Kier alpha value is -3.37. The van der Waals surface area contributed by atoms with Crippen LogP contribution in [0.25, 0.3) is 0 Å². The smallest absolute Gasteiger partial charge is 0.265 e. The summed E-state index contributed by atoms with van der Waals surface area (Å²) in [6, 6.07) is 13.4. The minimum Gasteiger partial charge on any atom is -0.493 e. The summed E-state index contributed by atoms with van der Waals surface area (Å²) >= 11 is 1.15. The van der Waals surface area contributed by atoms with Gasteiger partial charge in [-0.15, -0.1) is 11.3 Å². The standard InChI is InChI=1S/C21H19N3O5S2/c1-31(27,28)24-15-5-2-4-14(11-15)22-21(26)19-10-13(12-30-19)20(25)23-17-6-3-7-18-16(17)8-9-29-18/h2-7,10-12,24H,8-9H2,1H3,(H,22,26)(H,23,25). The maximum atomic E-state index is 12.6. The molecule has 0 atom stereocenters. The van der Waals surface area contributed by atoms with E-state index >= 15 is 0 Å². The lowest BCUT2D eigenvalue weighted by atomic mass is 10.1. The fourth-order valence-corrected chi connectivity index (χ4v) is 4.51. The quantitative estimate of drug-likeness (QED) is 0.524. The lowest BCUT2D eigenvalue weighted by molar-refractivity contribution is 0.102. The van der Waals surface area contributed by atoms with Crippen LogP contribution in [0.3, 0.4) is 0 Å². The molecule has 3 aromatic rings. The zero-order valence-corrected chi connectivity index (χ0v) is 18.1. The van der Waals surface area contributed by atoms with Gasteiger partial charge in [-0.25, -0.2) is 8.42 Å². The number of fused-ring (bicyclic) bond motifs is 1. The zero-order valence-electron chi connectivity index (χ0n) is 16.5. The molecule has 0 fully saturated rings. The van der Waals surface area contributed by atoms with Crippen LogP contribution in [0, 0.1) is 0 Å². The van der Waals surface area contributed by atoms with Gasteiger partial charge in [-0.3, -0.25) is 14.3 Å². The number of benzene rings is 2. The van der Waals surface area contributed by atoms with Gasteiger partial charge in [0.05, 0.1) is 29.0 Å². The summed E-state index contributed by atoms with van der Waals surface area (Å²) in [5.74, 6) is 0.0697. The van der Waals surface area contributed by atoms with Gasteiger partial charge in [0, 0.05) is 28.7 Å². The zero-order chi connectivity index (χ0) is 22.0. The highest BCUT2D eigenvalue weighted by atomic mass is 32.2. The molecule has 31 heavy (non-hydrogen) atoms. The molecule has 0 saturated carbocycles. The molecular formula is C21H19N3O5S2. The number of sulfonamides is 1. The molecular weight excluding hydrogens is 438 g/mol. The van der Waals surface area contributed by atoms with E-state index in [1.54, 1.807) is 23.6 Å². The highest BCUT2D eigenvalue weighted by Crippen LogP contribution is 2.32. The third-order valence-electron chi connectivity index (χ3n) is 4.50. The number of ether oxygens (including phenoxy) is 1. The third-order valence-corrected chi connectivity index (χ3v) is 6.04. The van der Waals surface area contributed by atoms with Crippen LogP contribution in [0.5, 0.6) is 5.75 Å². The van der Waals surface area contributed by atoms with E-state index in [9.17, 15) is 18.0 Å². The van der Waals surface area contributed by atoms with Crippen LogP contribution >= 0.6 is 11.3 Å². The molecule has 4 rings (SSSR count). The number of hydrogen-bond donors (Lipinski definition) is 3. The van der Waals surface area contributed by atoms with E-state index in [2.05, 4.69) is 15.4 Å². The Labute approximate surface area is 183 Å². The Kier molecular flexibility index (Phi) is 5.66. The van der Waals surface area contributed by atoms with E-state index < -0.39 is 15.9 Å². The largest absolute Gasteiger partial charge is 0.493 e. The molecule has 1 aliphatic heterocycles.